The van der Waals surface area contributed by atoms with E-state index in [1.54, 1.807) is 30.3 Å². The summed E-state index contributed by atoms with van der Waals surface area (Å²) in [5.41, 5.74) is 0.405. The first-order valence-corrected chi connectivity index (χ1v) is 9.40. The zero-order valence-corrected chi connectivity index (χ0v) is 15.6. The predicted octanol–water partition coefficient (Wildman–Crippen LogP) is 0.0217. The second-order valence-corrected chi connectivity index (χ2v) is 7.32. The van der Waals surface area contributed by atoms with E-state index in [4.69, 9.17) is 0 Å². The highest BCUT2D eigenvalue weighted by molar-refractivity contribution is 8.00. The average Bonchev–Trinajstić information content (AvgIpc) is 2.71. The van der Waals surface area contributed by atoms with Gasteiger partial charge in [0.2, 0.25) is 0 Å². The number of carboxylic acid groups (broad SMARTS) is 1. The van der Waals surface area contributed by atoms with Crippen LogP contribution in [0, 0.1) is 0 Å². The Morgan fingerprint density at radius 2 is 2.00 bits per heavy atom. The molecule has 3 N–H and O–H groups in total. The molecule has 3 atom stereocenters. The van der Waals surface area contributed by atoms with Crippen molar-refractivity contribution in [1.29, 1.82) is 0 Å². The molecule has 2 amide bonds. The molecule has 3 rings (SSSR count). The third-order valence-corrected chi connectivity index (χ3v) is 5.84. The monoisotopic (exact) mass is 406 g/mol. The van der Waals surface area contributed by atoms with E-state index in [1.807, 2.05) is 0 Å². The molecule has 10 heteroatoms. The molecule has 0 bridgehead atoms. The minimum absolute atomic E-state index is 0.207. The Morgan fingerprint density at radius 1 is 1.32 bits per heavy atom. The molecule has 0 aliphatic carbocycles. The van der Waals surface area contributed by atoms with E-state index in [1.165, 1.54) is 18.9 Å². The maximum absolute atomic E-state index is 12.5. The van der Waals surface area contributed by atoms with Crippen LogP contribution >= 0.6 is 11.8 Å². The highest BCUT2D eigenvalue weighted by atomic mass is 32.2. The van der Waals surface area contributed by atoms with E-state index in [-0.39, 0.29) is 23.4 Å². The summed E-state index contributed by atoms with van der Waals surface area (Å²) in [6.45, 7) is 0. The normalized spacial score (nSPS) is 22.1. The highest BCUT2D eigenvalue weighted by Crippen LogP contribution is 2.41. The Morgan fingerprint density at radius 3 is 2.61 bits per heavy atom. The van der Waals surface area contributed by atoms with Crippen molar-refractivity contribution in [1.82, 2.24) is 10.2 Å². The third kappa shape index (κ3) is 3.60. The lowest BCUT2D eigenvalue weighted by Crippen LogP contribution is -2.70. The van der Waals surface area contributed by atoms with Crippen LogP contribution in [0.1, 0.15) is 18.1 Å². The fourth-order valence-corrected chi connectivity index (χ4v) is 4.43. The number of hydrogen-bond donors (Lipinski definition) is 3. The predicted molar refractivity (Wildman–Crippen MR) is 97.7 cm³/mol. The number of thioether (sulfide) groups is 1. The van der Waals surface area contributed by atoms with Crippen molar-refractivity contribution in [2.24, 2.45) is 0 Å². The van der Waals surface area contributed by atoms with Crippen LogP contribution in [-0.2, 0) is 23.9 Å². The lowest BCUT2D eigenvalue weighted by Gasteiger charge is -2.49. The van der Waals surface area contributed by atoms with E-state index in [0.29, 0.717) is 5.56 Å². The van der Waals surface area contributed by atoms with Crippen LogP contribution in [0.2, 0.25) is 0 Å². The summed E-state index contributed by atoms with van der Waals surface area (Å²) in [7, 11) is 1.19. The Hall–Kier alpha value is -2.85. The van der Waals surface area contributed by atoms with E-state index in [9.17, 15) is 29.4 Å². The number of hydrogen-bond acceptors (Lipinski definition) is 7. The van der Waals surface area contributed by atoms with E-state index in [0.717, 1.165) is 4.90 Å². The topological polar surface area (TPSA) is 133 Å². The summed E-state index contributed by atoms with van der Waals surface area (Å²) in [6, 6.07) is 7.30. The molecule has 0 spiro atoms. The fourth-order valence-electron chi connectivity index (χ4n) is 3.08. The summed E-state index contributed by atoms with van der Waals surface area (Å²) in [4.78, 5) is 49.0. The summed E-state index contributed by atoms with van der Waals surface area (Å²) in [5, 5.41) is 21.5. The van der Waals surface area contributed by atoms with Crippen LogP contribution in [0.3, 0.4) is 0 Å². The molecule has 0 radical (unpaired) electrons. The van der Waals surface area contributed by atoms with Gasteiger partial charge in [0.15, 0.2) is 6.10 Å². The number of ether oxygens (including phenoxy) is 1. The van der Waals surface area contributed by atoms with Crippen molar-refractivity contribution in [3.63, 3.8) is 0 Å². The molecular weight excluding hydrogens is 388 g/mol. The first kappa shape index (κ1) is 19.9. The molecule has 2 aliphatic heterocycles. The number of amides is 2. The number of carbonyl (C=O) groups excluding carboxylic acids is 3. The van der Waals surface area contributed by atoms with Gasteiger partial charge < -0.3 is 20.3 Å². The minimum Gasteiger partial charge on any atom is -0.477 e. The van der Waals surface area contributed by atoms with Crippen LogP contribution < -0.4 is 5.32 Å². The number of nitrogens with zero attached hydrogens (tertiary/aromatic N) is 1. The Kier molecular flexibility index (Phi) is 5.71. The summed E-state index contributed by atoms with van der Waals surface area (Å²) >= 11 is 1.24. The van der Waals surface area contributed by atoms with Gasteiger partial charge in [0.25, 0.3) is 11.8 Å². The van der Waals surface area contributed by atoms with Gasteiger partial charge in [-0.15, -0.1) is 11.8 Å². The number of carboxylic acids is 1. The second-order valence-electron chi connectivity index (χ2n) is 6.22. The van der Waals surface area contributed by atoms with Crippen LogP contribution in [0.4, 0.5) is 0 Å². The zero-order chi connectivity index (χ0) is 20.4. The van der Waals surface area contributed by atoms with Gasteiger partial charge >= 0.3 is 11.9 Å². The van der Waals surface area contributed by atoms with Gasteiger partial charge in [-0.25, -0.2) is 4.79 Å². The maximum Gasteiger partial charge on any atom is 0.352 e. The lowest BCUT2D eigenvalue weighted by atomic mass is 10.0. The first-order chi connectivity index (χ1) is 13.3. The van der Waals surface area contributed by atoms with Crippen molar-refractivity contribution in [3.8, 4) is 0 Å². The number of benzene rings is 1. The van der Waals surface area contributed by atoms with Crippen molar-refractivity contribution in [2.45, 2.75) is 23.9 Å². The quantitative estimate of drug-likeness (QED) is 0.445. The first-order valence-electron chi connectivity index (χ1n) is 8.35. The second kappa shape index (κ2) is 8.03. The number of esters is 1. The van der Waals surface area contributed by atoms with Crippen molar-refractivity contribution >= 4 is 35.5 Å². The minimum atomic E-state index is -1.44. The Labute approximate surface area is 164 Å². The molecule has 2 heterocycles. The van der Waals surface area contributed by atoms with Gasteiger partial charge in [-0.05, 0) is 11.1 Å². The Balaban J connectivity index is 1.74. The van der Waals surface area contributed by atoms with Gasteiger partial charge in [0.1, 0.15) is 17.1 Å². The molecule has 1 aromatic carbocycles. The van der Waals surface area contributed by atoms with Crippen LogP contribution in [0.5, 0.6) is 0 Å². The molecule has 1 unspecified atom stereocenters. The van der Waals surface area contributed by atoms with Gasteiger partial charge in [-0.3, -0.25) is 19.3 Å². The fraction of sp³-hybridized carbons (Fsp3) is 0.333. The SMILES string of the molecule is COC(=O)CC1=C(C(=O)O)N2C(=O)[C@@H](NC(=O)C(O)c3ccccc3)[C@@H]2SC1. The number of aliphatic hydroxyl groups excluding tert-OH is 1. The third-order valence-electron chi connectivity index (χ3n) is 4.50. The smallest absolute Gasteiger partial charge is 0.352 e. The Bertz CT molecular complexity index is 855. The zero-order valence-electron chi connectivity index (χ0n) is 14.8. The summed E-state index contributed by atoms with van der Waals surface area (Å²) in [5.74, 6) is -3.07. The lowest BCUT2D eigenvalue weighted by molar-refractivity contribution is -0.152. The van der Waals surface area contributed by atoms with E-state index < -0.39 is 41.3 Å². The van der Waals surface area contributed by atoms with Gasteiger partial charge in [0.05, 0.1) is 13.5 Å². The number of methoxy groups -OCH3 is 1. The van der Waals surface area contributed by atoms with Crippen LogP contribution in [0.15, 0.2) is 41.6 Å². The molecule has 1 aromatic rings. The number of β-lactam (4-membered cyclic amide) rings is 1. The van der Waals surface area contributed by atoms with Crippen LogP contribution in [0.25, 0.3) is 0 Å². The number of fused-ring (bicyclic) bond motifs is 1. The van der Waals surface area contributed by atoms with Crippen molar-refractivity contribution in [3.05, 3.63) is 47.2 Å². The van der Waals surface area contributed by atoms with Gasteiger partial charge in [0, 0.05) is 5.75 Å². The molecule has 9 nitrogen and oxygen atoms in total. The standard InChI is InChI=1S/C18H18N2O7S/c1-27-11(21)7-10-8-28-17-12(16(24)20(17)13(10)18(25)26)19-15(23)14(22)9-5-3-2-4-6-9/h2-6,12,14,17,22H,7-8H2,1H3,(H,19,23)(H,25,26)/t12-,14?,17+/m1/s1. The number of nitrogens with one attached hydrogen (secondary N) is 1. The van der Waals surface area contributed by atoms with Gasteiger partial charge in [-0.1, -0.05) is 30.3 Å². The average molecular weight is 406 g/mol. The maximum atomic E-state index is 12.5. The highest BCUT2D eigenvalue weighted by Gasteiger charge is 2.54. The molecule has 1 saturated heterocycles. The number of rotatable bonds is 6. The number of aliphatic carboxylic acids is 1. The molecule has 2 aliphatic rings. The van der Waals surface area contributed by atoms with Crippen LogP contribution in [-0.4, -0.2) is 63.1 Å². The van der Waals surface area contributed by atoms with E-state index >= 15 is 0 Å². The van der Waals surface area contributed by atoms with Crippen molar-refractivity contribution in [2.75, 3.05) is 12.9 Å². The molecular formula is C18H18N2O7S. The molecule has 1 fully saturated rings. The van der Waals surface area contributed by atoms with E-state index in [2.05, 4.69) is 10.1 Å². The molecule has 0 aromatic heterocycles. The van der Waals surface area contributed by atoms with Gasteiger partial charge in [-0.2, -0.15) is 0 Å². The number of aliphatic hydroxyl groups is 1. The largest absolute Gasteiger partial charge is 0.477 e. The molecule has 0 saturated carbocycles. The summed E-state index contributed by atoms with van der Waals surface area (Å²) in [6.07, 6.45) is -1.67. The van der Waals surface area contributed by atoms with Crippen molar-refractivity contribution < 1.29 is 34.1 Å². The summed E-state index contributed by atoms with van der Waals surface area (Å²) < 4.78 is 4.57. The molecule has 148 valence electrons. The number of carbonyl (C=O) groups is 4. The molecule has 28 heavy (non-hydrogen) atoms.